The molecule has 0 radical (unpaired) electrons. The zero-order valence-electron chi connectivity index (χ0n) is 23.2. The van der Waals surface area contributed by atoms with Crippen molar-refractivity contribution in [3.63, 3.8) is 0 Å². The monoisotopic (exact) mass is 556 g/mol. The van der Waals surface area contributed by atoms with Gasteiger partial charge < -0.3 is 11.1 Å². The Morgan fingerprint density at radius 2 is 1.64 bits per heavy atom. The highest BCUT2D eigenvalue weighted by molar-refractivity contribution is 5.94. The molecular formula is C34H32N6O2. The van der Waals surface area contributed by atoms with E-state index in [2.05, 4.69) is 16.4 Å². The maximum absolute atomic E-state index is 13.7. The summed E-state index contributed by atoms with van der Waals surface area (Å²) < 4.78 is 0. The second-order valence-electron chi connectivity index (χ2n) is 10.3. The average Bonchev–Trinajstić information content (AvgIpc) is 3.26. The molecule has 42 heavy (non-hydrogen) atoms. The number of nitrogens with one attached hydrogen (secondary N) is 1. The van der Waals surface area contributed by atoms with E-state index in [1.807, 2.05) is 71.6 Å². The molecule has 5 rings (SSSR count). The largest absolute Gasteiger partial charge is 0.366 e. The van der Waals surface area contributed by atoms with Crippen molar-refractivity contribution in [1.29, 1.82) is 5.26 Å². The van der Waals surface area contributed by atoms with E-state index in [9.17, 15) is 9.59 Å². The predicted octanol–water partition coefficient (Wildman–Crippen LogP) is 6.54. The maximum Gasteiger partial charge on any atom is 0.322 e. The Labute approximate surface area is 245 Å². The molecule has 3 aromatic carbocycles. The second-order valence-corrected chi connectivity index (χ2v) is 10.3. The van der Waals surface area contributed by atoms with Crippen LogP contribution in [0.25, 0.3) is 11.1 Å². The van der Waals surface area contributed by atoms with Gasteiger partial charge in [-0.2, -0.15) is 5.26 Å². The molecule has 0 bridgehead atoms. The summed E-state index contributed by atoms with van der Waals surface area (Å²) in [5.74, 6) is 0.137. The SMILES string of the molecule is N#Cc1ccc(/N=C2/CCC[C@@H](N(C(=O)NCc3ccccc3)c3ccc(-c4ccc(C(N)=O)cc4)cc3)CC2)nc1. The summed E-state index contributed by atoms with van der Waals surface area (Å²) in [4.78, 5) is 36.1. The highest BCUT2D eigenvalue weighted by Gasteiger charge is 2.27. The first kappa shape index (κ1) is 28.2. The molecule has 8 heteroatoms. The molecule has 1 aromatic heterocycles. The number of rotatable bonds is 7. The first-order valence-corrected chi connectivity index (χ1v) is 14.0. The van der Waals surface area contributed by atoms with E-state index in [4.69, 9.17) is 16.0 Å². The van der Waals surface area contributed by atoms with Crippen LogP contribution in [0.15, 0.2) is 102 Å². The van der Waals surface area contributed by atoms with Crippen LogP contribution in [0.5, 0.6) is 0 Å². The van der Waals surface area contributed by atoms with Crippen molar-refractivity contribution in [2.24, 2.45) is 10.7 Å². The van der Waals surface area contributed by atoms with Crippen LogP contribution in [0.4, 0.5) is 16.3 Å². The highest BCUT2D eigenvalue weighted by atomic mass is 16.2. The number of hydrogen-bond acceptors (Lipinski definition) is 5. The Kier molecular flexibility index (Phi) is 9.00. The third kappa shape index (κ3) is 7.07. The van der Waals surface area contributed by atoms with Crippen molar-refractivity contribution >= 4 is 29.2 Å². The second kappa shape index (κ2) is 13.4. The summed E-state index contributed by atoms with van der Waals surface area (Å²) in [6.07, 6.45) is 5.62. The molecule has 4 aromatic rings. The van der Waals surface area contributed by atoms with E-state index in [1.54, 1.807) is 24.3 Å². The van der Waals surface area contributed by atoms with Gasteiger partial charge in [0.05, 0.1) is 5.56 Å². The van der Waals surface area contributed by atoms with Gasteiger partial charge in [-0.25, -0.2) is 14.8 Å². The Morgan fingerprint density at radius 3 is 2.29 bits per heavy atom. The number of aromatic nitrogens is 1. The van der Waals surface area contributed by atoms with Crippen molar-refractivity contribution in [2.45, 2.75) is 44.7 Å². The smallest absolute Gasteiger partial charge is 0.322 e. The predicted molar refractivity (Wildman–Crippen MR) is 164 cm³/mol. The lowest BCUT2D eigenvalue weighted by Crippen LogP contribution is -2.46. The minimum absolute atomic E-state index is 0.0110. The number of anilines is 1. The first-order chi connectivity index (χ1) is 20.5. The molecule has 1 heterocycles. The molecular weight excluding hydrogens is 524 g/mol. The van der Waals surface area contributed by atoms with E-state index in [0.29, 0.717) is 23.5 Å². The van der Waals surface area contributed by atoms with Gasteiger partial charge in [0.2, 0.25) is 5.91 Å². The van der Waals surface area contributed by atoms with Crippen molar-refractivity contribution in [1.82, 2.24) is 10.3 Å². The van der Waals surface area contributed by atoms with Gasteiger partial charge in [0.15, 0.2) is 5.82 Å². The lowest BCUT2D eigenvalue weighted by atomic mass is 10.0. The number of nitrogens with zero attached hydrogens (tertiary/aromatic N) is 4. The molecule has 0 spiro atoms. The molecule has 1 fully saturated rings. The number of carbonyl (C=O) groups is 2. The topological polar surface area (TPSA) is 124 Å². The van der Waals surface area contributed by atoms with Crippen LogP contribution in [0.1, 0.15) is 53.6 Å². The number of pyridine rings is 1. The number of urea groups is 1. The highest BCUT2D eigenvalue weighted by Crippen LogP contribution is 2.30. The first-order valence-electron chi connectivity index (χ1n) is 14.0. The number of primary amides is 1. The minimum atomic E-state index is -0.459. The summed E-state index contributed by atoms with van der Waals surface area (Å²) in [5.41, 5.74) is 11.2. The lowest BCUT2D eigenvalue weighted by Gasteiger charge is -2.31. The number of nitrogens with two attached hydrogens (primary N) is 1. The van der Waals surface area contributed by atoms with E-state index in [0.717, 1.165) is 60.2 Å². The molecule has 8 nitrogen and oxygen atoms in total. The fourth-order valence-electron chi connectivity index (χ4n) is 5.19. The van der Waals surface area contributed by atoms with Crippen LogP contribution >= 0.6 is 0 Å². The zero-order valence-corrected chi connectivity index (χ0v) is 23.2. The van der Waals surface area contributed by atoms with Crippen LogP contribution in [-0.4, -0.2) is 28.7 Å². The molecule has 1 atom stereocenters. The number of carbonyl (C=O) groups excluding carboxylic acids is 2. The number of benzene rings is 3. The minimum Gasteiger partial charge on any atom is -0.366 e. The number of amides is 3. The normalized spacial score (nSPS) is 15.8. The van der Waals surface area contributed by atoms with E-state index < -0.39 is 5.91 Å². The molecule has 0 unspecified atom stereocenters. The molecule has 1 aliphatic rings. The molecule has 3 N–H and O–H groups in total. The van der Waals surface area contributed by atoms with E-state index in [-0.39, 0.29) is 12.1 Å². The van der Waals surface area contributed by atoms with Crippen molar-refractivity contribution in [3.05, 3.63) is 114 Å². The van der Waals surface area contributed by atoms with Gasteiger partial charge in [0, 0.05) is 35.7 Å². The van der Waals surface area contributed by atoms with Gasteiger partial charge in [-0.1, -0.05) is 54.6 Å². The van der Waals surface area contributed by atoms with Crippen LogP contribution in [0.2, 0.25) is 0 Å². The van der Waals surface area contributed by atoms with Crippen molar-refractivity contribution in [3.8, 4) is 17.2 Å². The van der Waals surface area contributed by atoms with Gasteiger partial charge >= 0.3 is 6.03 Å². The number of aliphatic imine (C=N–C) groups is 1. The average molecular weight is 557 g/mol. The van der Waals surface area contributed by atoms with Gasteiger partial charge in [-0.05, 0) is 85.2 Å². The summed E-state index contributed by atoms with van der Waals surface area (Å²) in [5, 5.41) is 12.1. The fourth-order valence-corrected chi connectivity index (χ4v) is 5.19. The summed E-state index contributed by atoms with van der Waals surface area (Å²) in [6.45, 7) is 0.435. The fraction of sp³-hybridized carbons (Fsp3) is 0.206. The van der Waals surface area contributed by atoms with Crippen LogP contribution in [0.3, 0.4) is 0 Å². The van der Waals surface area contributed by atoms with E-state index in [1.165, 1.54) is 6.20 Å². The summed E-state index contributed by atoms with van der Waals surface area (Å²) in [7, 11) is 0. The van der Waals surface area contributed by atoms with Gasteiger partial charge in [-0.15, -0.1) is 0 Å². The van der Waals surface area contributed by atoms with Crippen molar-refractivity contribution < 1.29 is 9.59 Å². The quantitative estimate of drug-likeness (QED) is 0.251. The molecule has 0 aliphatic heterocycles. The molecule has 3 amide bonds. The third-order valence-electron chi connectivity index (χ3n) is 7.44. The Hall–Kier alpha value is -5.29. The van der Waals surface area contributed by atoms with Crippen molar-refractivity contribution in [2.75, 3.05) is 4.90 Å². The summed E-state index contributed by atoms with van der Waals surface area (Å²) >= 11 is 0. The van der Waals surface area contributed by atoms with Crippen LogP contribution in [0, 0.1) is 11.3 Å². The number of nitriles is 1. The Bertz CT molecular complexity index is 1590. The summed E-state index contributed by atoms with van der Waals surface area (Å²) in [6, 6.07) is 30.4. The van der Waals surface area contributed by atoms with Gasteiger partial charge in [-0.3, -0.25) is 9.69 Å². The zero-order chi connectivity index (χ0) is 29.3. The molecule has 1 saturated carbocycles. The molecule has 210 valence electrons. The Morgan fingerprint density at radius 1 is 0.929 bits per heavy atom. The molecule has 0 saturated heterocycles. The van der Waals surface area contributed by atoms with Gasteiger partial charge in [0.25, 0.3) is 0 Å². The van der Waals surface area contributed by atoms with Gasteiger partial charge in [0.1, 0.15) is 6.07 Å². The van der Waals surface area contributed by atoms with Crippen LogP contribution < -0.4 is 16.0 Å². The van der Waals surface area contributed by atoms with Crippen LogP contribution in [-0.2, 0) is 6.54 Å². The van der Waals surface area contributed by atoms with E-state index >= 15 is 0 Å². The Balaban J connectivity index is 1.36. The third-order valence-corrected chi connectivity index (χ3v) is 7.44. The molecule has 1 aliphatic carbocycles. The number of hydrogen-bond donors (Lipinski definition) is 2. The standard InChI is InChI=1S/C34H32N6O2/c35-21-25-9-20-32(37-23-25)39-29-7-4-8-30(19-16-29)40(34(42)38-22-24-5-2-1-3-6-24)31-17-14-27(15-18-31)26-10-12-28(13-11-26)33(36)41/h1-3,5-6,9-15,17-18,20,23,30H,4,7-8,16,19,22H2,(H2,36,41)(H,38,42)/b39-29-/t30-/m1/s1. The maximum atomic E-state index is 13.7. The lowest BCUT2D eigenvalue weighted by molar-refractivity contribution is 0.1000.